The Labute approximate surface area is 159 Å². The van der Waals surface area contributed by atoms with Gasteiger partial charge in [0.15, 0.2) is 0 Å². The van der Waals surface area contributed by atoms with Crippen LogP contribution < -0.4 is 21.6 Å². The fourth-order valence-corrected chi connectivity index (χ4v) is 2.39. The van der Waals surface area contributed by atoms with Crippen molar-refractivity contribution >= 4 is 17.5 Å². The Hall–Kier alpha value is -3.27. The van der Waals surface area contributed by atoms with E-state index >= 15 is 0 Å². The van der Waals surface area contributed by atoms with Crippen LogP contribution in [-0.2, 0) is 17.5 Å². The number of ether oxygens (including phenoxy) is 1. The van der Waals surface area contributed by atoms with Gasteiger partial charge in [0, 0.05) is 12.2 Å². The number of nitrogen functional groups attached to an aromatic ring is 1. The summed E-state index contributed by atoms with van der Waals surface area (Å²) in [4.78, 5) is 24.4. The molecule has 0 radical (unpaired) electrons. The van der Waals surface area contributed by atoms with Crippen LogP contribution in [-0.4, -0.2) is 30.5 Å². The van der Waals surface area contributed by atoms with Crippen molar-refractivity contribution in [3.8, 4) is 5.75 Å². The lowest BCUT2D eigenvalue weighted by Gasteiger charge is -2.19. The minimum absolute atomic E-state index is 0.0181. The van der Waals surface area contributed by atoms with Crippen molar-refractivity contribution in [3.05, 3.63) is 59.2 Å². The molecule has 2 aromatic carbocycles. The number of hydrogen-bond donors (Lipinski definition) is 3. The second-order valence-corrected chi connectivity index (χ2v) is 5.83. The van der Waals surface area contributed by atoms with Crippen LogP contribution in [0.4, 0.5) is 18.9 Å². The first-order valence-corrected chi connectivity index (χ1v) is 8.05. The molecule has 0 aliphatic heterocycles. The van der Waals surface area contributed by atoms with Gasteiger partial charge in [-0.1, -0.05) is 18.2 Å². The first-order valence-electron chi connectivity index (χ1n) is 8.05. The highest BCUT2D eigenvalue weighted by molar-refractivity contribution is 6.02. The third-order valence-electron chi connectivity index (χ3n) is 3.84. The maximum absolute atomic E-state index is 12.5. The topological polar surface area (TPSA) is 111 Å². The van der Waals surface area contributed by atoms with Crippen molar-refractivity contribution < 1.29 is 27.5 Å². The van der Waals surface area contributed by atoms with E-state index in [1.807, 2.05) is 0 Å². The molecule has 0 aliphatic rings. The highest BCUT2D eigenvalue weighted by Gasteiger charge is 2.30. The Kier molecular flexibility index (Phi) is 6.47. The number of nitrogens with two attached hydrogens (primary N) is 2. The maximum Gasteiger partial charge on any atom is 0.416 e. The number of carbonyl (C=O) groups excluding carboxylic acids is 2. The summed E-state index contributed by atoms with van der Waals surface area (Å²) in [6, 6.07) is 8.97. The van der Waals surface area contributed by atoms with Gasteiger partial charge >= 0.3 is 6.18 Å². The summed E-state index contributed by atoms with van der Waals surface area (Å²) in [5, 5.41) is 3.16. The van der Waals surface area contributed by atoms with Crippen LogP contribution in [0.25, 0.3) is 0 Å². The predicted molar refractivity (Wildman–Crippen MR) is 95.9 cm³/mol. The molecule has 0 atom stereocenters. The number of alkyl halides is 3. The number of carbonyl (C=O) groups is 2. The van der Waals surface area contributed by atoms with Crippen molar-refractivity contribution in [3.63, 3.8) is 0 Å². The quantitative estimate of drug-likeness (QED) is 0.299. The van der Waals surface area contributed by atoms with Gasteiger partial charge in [0.25, 0.3) is 5.91 Å². The van der Waals surface area contributed by atoms with Crippen LogP contribution in [0.15, 0.2) is 42.5 Å². The SMILES string of the molecule is COc1cccc(N)c1C(=O)N(N)CC(=O)NCc1ccc(C(F)(F)F)cc1. The molecule has 0 saturated carbocycles. The lowest BCUT2D eigenvalue weighted by atomic mass is 10.1. The number of anilines is 1. The first kappa shape index (κ1) is 21.0. The number of benzene rings is 2. The zero-order chi connectivity index (χ0) is 20.9. The number of hydrogen-bond acceptors (Lipinski definition) is 5. The second-order valence-electron chi connectivity index (χ2n) is 5.83. The zero-order valence-corrected chi connectivity index (χ0v) is 14.9. The third-order valence-corrected chi connectivity index (χ3v) is 3.84. The standard InChI is InChI=1S/C18H19F3N4O3/c1-28-14-4-2-3-13(22)16(14)17(27)25(23)10-15(26)24-9-11-5-7-12(8-6-11)18(19,20)21/h2-8H,9-10,22-23H2,1H3,(H,24,26). The van der Waals surface area contributed by atoms with E-state index in [-0.39, 0.29) is 23.5 Å². The second kappa shape index (κ2) is 8.61. The summed E-state index contributed by atoms with van der Waals surface area (Å²) in [6.45, 7) is -0.493. The maximum atomic E-state index is 12.5. The Morgan fingerprint density at radius 3 is 2.36 bits per heavy atom. The summed E-state index contributed by atoms with van der Waals surface area (Å²) >= 11 is 0. The largest absolute Gasteiger partial charge is 0.496 e. The van der Waals surface area contributed by atoms with Gasteiger partial charge in [0.1, 0.15) is 17.9 Å². The van der Waals surface area contributed by atoms with Crippen LogP contribution in [0.1, 0.15) is 21.5 Å². The Bertz CT molecular complexity index is 854. The molecular weight excluding hydrogens is 377 g/mol. The predicted octanol–water partition coefficient (Wildman–Crippen LogP) is 1.93. The number of nitrogens with zero attached hydrogens (tertiary/aromatic N) is 1. The van der Waals surface area contributed by atoms with E-state index in [0.29, 0.717) is 10.6 Å². The molecule has 7 nitrogen and oxygen atoms in total. The molecule has 0 fully saturated rings. The van der Waals surface area contributed by atoms with Gasteiger partial charge in [0.2, 0.25) is 5.91 Å². The van der Waals surface area contributed by atoms with Crippen molar-refractivity contribution in [2.24, 2.45) is 5.84 Å². The van der Waals surface area contributed by atoms with Gasteiger partial charge in [-0.15, -0.1) is 0 Å². The van der Waals surface area contributed by atoms with Crippen molar-refractivity contribution in [1.82, 2.24) is 10.3 Å². The van der Waals surface area contributed by atoms with E-state index in [4.69, 9.17) is 16.3 Å². The minimum atomic E-state index is -4.43. The van der Waals surface area contributed by atoms with E-state index in [1.54, 1.807) is 6.07 Å². The summed E-state index contributed by atoms with van der Waals surface area (Å²) in [7, 11) is 1.36. The lowest BCUT2D eigenvalue weighted by Crippen LogP contribution is -2.45. The molecule has 28 heavy (non-hydrogen) atoms. The number of methoxy groups -OCH3 is 1. The average Bonchev–Trinajstić information content (AvgIpc) is 2.65. The Morgan fingerprint density at radius 1 is 1.14 bits per heavy atom. The van der Waals surface area contributed by atoms with Crippen molar-refractivity contribution in [1.29, 1.82) is 0 Å². The van der Waals surface area contributed by atoms with Gasteiger partial charge in [-0.05, 0) is 29.8 Å². The van der Waals surface area contributed by atoms with Crippen LogP contribution in [0.3, 0.4) is 0 Å². The molecule has 0 aliphatic carbocycles. The van der Waals surface area contributed by atoms with Gasteiger partial charge in [-0.2, -0.15) is 13.2 Å². The van der Waals surface area contributed by atoms with Crippen LogP contribution in [0, 0.1) is 0 Å². The van der Waals surface area contributed by atoms with Gasteiger partial charge in [-0.3, -0.25) is 14.6 Å². The minimum Gasteiger partial charge on any atom is -0.496 e. The van der Waals surface area contributed by atoms with Gasteiger partial charge in [0.05, 0.1) is 12.7 Å². The number of halogens is 3. The summed E-state index contributed by atoms with van der Waals surface area (Å²) in [6.07, 6.45) is -4.43. The molecule has 0 bridgehead atoms. The number of rotatable bonds is 6. The number of amides is 2. The van der Waals surface area contributed by atoms with Crippen molar-refractivity contribution in [2.45, 2.75) is 12.7 Å². The fourth-order valence-electron chi connectivity index (χ4n) is 2.39. The zero-order valence-electron chi connectivity index (χ0n) is 14.9. The highest BCUT2D eigenvalue weighted by Crippen LogP contribution is 2.29. The molecular formula is C18H19F3N4O3. The third kappa shape index (κ3) is 5.13. The van der Waals surface area contributed by atoms with E-state index < -0.39 is 30.1 Å². The Balaban J connectivity index is 1.95. The summed E-state index contributed by atoms with van der Waals surface area (Å²) in [5.74, 6) is 4.58. The molecule has 0 saturated heterocycles. The fraction of sp³-hybridized carbons (Fsp3) is 0.222. The van der Waals surface area contributed by atoms with E-state index in [0.717, 1.165) is 12.1 Å². The molecule has 0 heterocycles. The van der Waals surface area contributed by atoms with Crippen LogP contribution >= 0.6 is 0 Å². The number of hydrazine groups is 1. The van der Waals surface area contributed by atoms with E-state index in [1.165, 1.54) is 31.4 Å². The lowest BCUT2D eigenvalue weighted by molar-refractivity contribution is -0.137. The molecule has 10 heteroatoms. The number of nitrogens with one attached hydrogen (secondary N) is 1. The van der Waals surface area contributed by atoms with Crippen LogP contribution in [0.5, 0.6) is 5.75 Å². The molecule has 2 amide bonds. The smallest absolute Gasteiger partial charge is 0.416 e. The van der Waals surface area contributed by atoms with E-state index in [2.05, 4.69) is 5.32 Å². The van der Waals surface area contributed by atoms with Crippen LogP contribution in [0.2, 0.25) is 0 Å². The van der Waals surface area contributed by atoms with Gasteiger partial charge < -0.3 is 15.8 Å². The molecule has 0 unspecified atom stereocenters. The summed E-state index contributed by atoms with van der Waals surface area (Å²) in [5.41, 5.74) is 5.64. The normalized spacial score (nSPS) is 11.0. The molecule has 0 spiro atoms. The van der Waals surface area contributed by atoms with Gasteiger partial charge in [-0.25, -0.2) is 5.84 Å². The van der Waals surface area contributed by atoms with Crippen molar-refractivity contribution in [2.75, 3.05) is 19.4 Å². The molecule has 5 N–H and O–H groups in total. The summed E-state index contributed by atoms with van der Waals surface area (Å²) < 4.78 is 42.7. The molecule has 2 rings (SSSR count). The monoisotopic (exact) mass is 396 g/mol. The average molecular weight is 396 g/mol. The first-order chi connectivity index (χ1) is 13.1. The molecule has 2 aromatic rings. The molecule has 0 aromatic heterocycles. The highest BCUT2D eigenvalue weighted by atomic mass is 19.4. The Morgan fingerprint density at radius 2 is 1.79 bits per heavy atom. The van der Waals surface area contributed by atoms with E-state index in [9.17, 15) is 22.8 Å². The molecule has 150 valence electrons.